The molecule has 1 aliphatic carbocycles. The lowest BCUT2D eigenvalue weighted by atomic mass is 9.94. The predicted octanol–water partition coefficient (Wildman–Crippen LogP) is 5.44. The van der Waals surface area contributed by atoms with Crippen LogP contribution in [0.25, 0.3) is 33.3 Å². The van der Waals surface area contributed by atoms with Gasteiger partial charge in [0.2, 0.25) is 11.4 Å². The molecule has 0 atom stereocenters. The van der Waals surface area contributed by atoms with Gasteiger partial charge < -0.3 is 4.42 Å². The topological polar surface area (TPSA) is 29.9 Å². The van der Waals surface area contributed by atoms with Crippen LogP contribution >= 0.6 is 0 Å². The van der Waals surface area contributed by atoms with Crippen LogP contribution in [-0.2, 0) is 7.05 Å². The van der Waals surface area contributed by atoms with Gasteiger partial charge in [-0.15, -0.1) is 0 Å². The maximum absolute atomic E-state index is 8.92. The Balaban J connectivity index is 1.79. The molecule has 3 heteroatoms. The summed E-state index contributed by atoms with van der Waals surface area (Å²) in [5, 5.41) is 1.94. The molecule has 4 aromatic rings. The van der Waals surface area contributed by atoms with Crippen molar-refractivity contribution in [3.05, 3.63) is 59.9 Å². The van der Waals surface area contributed by atoms with Crippen molar-refractivity contribution in [1.82, 2.24) is 4.98 Å². The minimum atomic E-state index is -0.486. The minimum Gasteiger partial charge on any atom is -0.437 e. The molecule has 3 heterocycles. The van der Waals surface area contributed by atoms with E-state index in [-0.39, 0.29) is 6.17 Å². The van der Waals surface area contributed by atoms with Crippen LogP contribution in [0.3, 0.4) is 0 Å². The first-order valence-electron chi connectivity index (χ1n) is 10.3. The Kier molecular flexibility index (Phi) is 3.09. The van der Waals surface area contributed by atoms with Gasteiger partial charge in [-0.2, -0.15) is 0 Å². The summed E-state index contributed by atoms with van der Waals surface area (Å²) in [6.45, 7) is 2.09. The fourth-order valence-electron chi connectivity index (χ4n) is 4.17. The van der Waals surface area contributed by atoms with Gasteiger partial charge in [-0.1, -0.05) is 25.0 Å². The summed E-state index contributed by atoms with van der Waals surface area (Å²) in [4.78, 5) is 4.25. The van der Waals surface area contributed by atoms with Gasteiger partial charge in [-0.05, 0) is 48.9 Å². The fraction of sp³-hybridized carbons (Fsp3) is 0.304. The van der Waals surface area contributed by atoms with Crippen molar-refractivity contribution in [2.75, 3.05) is 0 Å². The molecule has 1 fully saturated rings. The maximum atomic E-state index is 8.92. The summed E-state index contributed by atoms with van der Waals surface area (Å²) in [5.74, 6) is -0.486. The van der Waals surface area contributed by atoms with Gasteiger partial charge in [0.15, 0.2) is 11.8 Å². The normalized spacial score (nSPS) is 17.6. The number of rotatable bonds is 2. The summed E-state index contributed by atoms with van der Waals surface area (Å²) in [5.41, 5.74) is 5.58. The van der Waals surface area contributed by atoms with E-state index in [4.69, 9.17) is 7.16 Å². The quantitative estimate of drug-likeness (QED) is 0.453. The number of aromatic nitrogens is 2. The number of pyridine rings is 2. The number of furan rings is 1. The van der Waals surface area contributed by atoms with Gasteiger partial charge in [-0.3, -0.25) is 0 Å². The van der Waals surface area contributed by atoms with E-state index in [0.29, 0.717) is 5.71 Å². The standard InChI is InChI=1S/C23H23N2O/c1-15-9-10-18-19-8-5-12-24-23(19)26-22(18)21(15)20-14-17(11-13-25(20)2)16-6-3-4-7-16/h5,8-14,16H,3-4,6-7H2,1-2H3/q+1/i12D,16D. The van der Waals surface area contributed by atoms with Crippen LogP contribution in [0.1, 0.15) is 45.4 Å². The van der Waals surface area contributed by atoms with Crippen LogP contribution in [0.5, 0.6) is 0 Å². The molecule has 3 nitrogen and oxygen atoms in total. The smallest absolute Gasteiger partial charge is 0.227 e. The van der Waals surface area contributed by atoms with Crippen LogP contribution in [0.2, 0.25) is 0 Å². The van der Waals surface area contributed by atoms with Crippen molar-refractivity contribution in [3.8, 4) is 11.3 Å². The first kappa shape index (κ1) is 13.5. The number of hydrogen-bond acceptors (Lipinski definition) is 2. The van der Waals surface area contributed by atoms with Crippen LogP contribution in [0, 0.1) is 6.92 Å². The third-order valence-corrected chi connectivity index (χ3v) is 5.60. The Labute approximate surface area is 156 Å². The molecule has 0 N–H and O–H groups in total. The summed E-state index contributed by atoms with van der Waals surface area (Å²) in [7, 11) is 2.03. The third-order valence-electron chi connectivity index (χ3n) is 5.60. The molecule has 0 saturated heterocycles. The third kappa shape index (κ3) is 2.34. The Morgan fingerprint density at radius 3 is 2.88 bits per heavy atom. The van der Waals surface area contributed by atoms with Gasteiger partial charge in [0.1, 0.15) is 7.05 Å². The molecule has 26 heavy (non-hydrogen) atoms. The van der Waals surface area contributed by atoms with E-state index in [1.165, 1.54) is 0 Å². The van der Waals surface area contributed by atoms with E-state index in [0.717, 1.165) is 64.4 Å². The second-order valence-corrected chi connectivity index (χ2v) is 7.25. The number of nitrogens with zero attached hydrogens (tertiary/aromatic N) is 2. The number of aryl methyl sites for hydroxylation is 2. The first-order valence-corrected chi connectivity index (χ1v) is 9.26. The van der Waals surface area contributed by atoms with Gasteiger partial charge in [0.25, 0.3) is 0 Å². The summed E-state index contributed by atoms with van der Waals surface area (Å²) < 4.78 is 25.0. The molecule has 0 aliphatic heterocycles. The predicted molar refractivity (Wildman–Crippen MR) is 104 cm³/mol. The highest BCUT2D eigenvalue weighted by Gasteiger charge is 2.24. The van der Waals surface area contributed by atoms with Crippen LogP contribution < -0.4 is 4.57 Å². The van der Waals surface area contributed by atoms with Crippen LogP contribution in [0.4, 0.5) is 0 Å². The van der Waals surface area contributed by atoms with Crippen molar-refractivity contribution in [3.63, 3.8) is 0 Å². The molecular weight excluding hydrogens is 320 g/mol. The minimum absolute atomic E-state index is 0.203. The average molecular weight is 345 g/mol. The van der Waals surface area contributed by atoms with E-state index in [2.05, 4.69) is 46.9 Å². The molecule has 0 amide bonds. The molecular formula is C23H23N2O+. The number of benzene rings is 1. The number of fused-ring (bicyclic) bond motifs is 3. The lowest BCUT2D eigenvalue weighted by Gasteiger charge is -2.11. The Hall–Kier alpha value is -2.68. The van der Waals surface area contributed by atoms with Gasteiger partial charge in [-0.25, -0.2) is 9.55 Å². The molecule has 3 aromatic heterocycles. The Morgan fingerprint density at radius 1 is 1.19 bits per heavy atom. The second-order valence-electron chi connectivity index (χ2n) is 7.25. The summed E-state index contributed by atoms with van der Waals surface area (Å²) in [6, 6.07) is 12.0. The fourth-order valence-corrected chi connectivity index (χ4v) is 4.17. The zero-order valence-electron chi connectivity index (χ0n) is 17.2. The molecule has 5 rings (SSSR count). The zero-order valence-corrected chi connectivity index (χ0v) is 15.2. The van der Waals surface area contributed by atoms with Crippen molar-refractivity contribution in [2.45, 2.75) is 38.5 Å². The highest BCUT2D eigenvalue weighted by atomic mass is 16.3. The van der Waals surface area contributed by atoms with Crippen LogP contribution in [0.15, 0.2) is 53.2 Å². The van der Waals surface area contributed by atoms with Gasteiger partial charge in [0, 0.05) is 30.4 Å². The maximum Gasteiger partial charge on any atom is 0.227 e. The van der Waals surface area contributed by atoms with Gasteiger partial charge in [0.05, 0.1) is 6.93 Å². The van der Waals surface area contributed by atoms with Crippen molar-refractivity contribution >= 4 is 22.1 Å². The number of hydrogen-bond donors (Lipinski definition) is 0. The highest BCUT2D eigenvalue weighted by molar-refractivity contribution is 6.08. The van der Waals surface area contributed by atoms with Crippen LogP contribution in [-0.4, -0.2) is 4.98 Å². The molecule has 0 bridgehead atoms. The second kappa shape index (κ2) is 5.94. The molecule has 130 valence electrons. The van der Waals surface area contributed by atoms with Crippen molar-refractivity contribution < 1.29 is 11.7 Å². The zero-order chi connectivity index (χ0) is 19.5. The average Bonchev–Trinajstić information content (AvgIpc) is 3.26. The summed E-state index contributed by atoms with van der Waals surface area (Å²) in [6.07, 6.45) is 6.35. The largest absolute Gasteiger partial charge is 0.437 e. The lowest BCUT2D eigenvalue weighted by Crippen LogP contribution is -2.31. The Morgan fingerprint density at radius 2 is 2.04 bits per heavy atom. The first-order chi connectivity index (χ1) is 13.5. The molecule has 1 saturated carbocycles. The summed E-state index contributed by atoms with van der Waals surface area (Å²) >= 11 is 0. The molecule has 1 aromatic carbocycles. The van der Waals surface area contributed by atoms with Gasteiger partial charge >= 0.3 is 0 Å². The Bertz CT molecular complexity index is 1220. The van der Waals surface area contributed by atoms with E-state index >= 15 is 0 Å². The highest BCUT2D eigenvalue weighted by Crippen LogP contribution is 2.38. The van der Waals surface area contributed by atoms with E-state index < -0.39 is 5.89 Å². The van der Waals surface area contributed by atoms with Crippen molar-refractivity contribution in [2.24, 2.45) is 7.05 Å². The SMILES string of the molecule is [2H]c1ccc2c(n1)oc1c(-c3cc(C4([2H])CCCC4)cc[n+]3C)c(C)ccc12. The lowest BCUT2D eigenvalue weighted by molar-refractivity contribution is -0.660. The van der Waals surface area contributed by atoms with E-state index in [9.17, 15) is 0 Å². The molecule has 0 spiro atoms. The van der Waals surface area contributed by atoms with Crippen molar-refractivity contribution in [1.29, 1.82) is 0 Å². The van der Waals surface area contributed by atoms with E-state index in [1.54, 1.807) is 6.07 Å². The molecule has 0 radical (unpaired) electrons. The molecule has 0 unspecified atom stereocenters. The monoisotopic (exact) mass is 345 g/mol. The van der Waals surface area contributed by atoms with E-state index in [1.807, 2.05) is 13.1 Å². The molecule has 1 aliphatic rings.